The fourth-order valence-corrected chi connectivity index (χ4v) is 6.63. The van der Waals surface area contributed by atoms with E-state index < -0.39 is 21.1 Å². The SMILES string of the molecule is CC1CCC(c2ccccc2)S(=O)(=O)N1Cc1ccc(-c2ccc(C(=O)N(C)C)cc2)cc1F. The summed E-state index contributed by atoms with van der Waals surface area (Å²) in [5.41, 5.74) is 3.12. The van der Waals surface area contributed by atoms with Gasteiger partial charge in [-0.2, -0.15) is 4.31 Å². The number of nitrogens with zero attached hydrogens (tertiary/aromatic N) is 2. The molecule has 7 heteroatoms. The predicted octanol–water partition coefficient (Wildman–Crippen LogP) is 5.25. The highest BCUT2D eigenvalue weighted by Crippen LogP contribution is 2.38. The summed E-state index contributed by atoms with van der Waals surface area (Å²) < 4.78 is 43.4. The number of carbonyl (C=O) groups excluding carboxylic acids is 1. The molecule has 0 aliphatic carbocycles. The zero-order valence-electron chi connectivity index (χ0n) is 19.6. The molecule has 0 aromatic heterocycles. The smallest absolute Gasteiger partial charge is 0.253 e. The Hall–Kier alpha value is -3.03. The summed E-state index contributed by atoms with van der Waals surface area (Å²) in [6.45, 7) is 1.87. The first-order valence-corrected chi connectivity index (χ1v) is 12.8. The van der Waals surface area contributed by atoms with E-state index in [4.69, 9.17) is 0 Å². The molecule has 34 heavy (non-hydrogen) atoms. The van der Waals surface area contributed by atoms with Crippen molar-refractivity contribution in [3.63, 3.8) is 0 Å². The van der Waals surface area contributed by atoms with Crippen LogP contribution in [0.25, 0.3) is 11.1 Å². The number of hydrogen-bond donors (Lipinski definition) is 0. The van der Waals surface area contributed by atoms with Crippen LogP contribution in [0.2, 0.25) is 0 Å². The summed E-state index contributed by atoms with van der Waals surface area (Å²) in [5, 5.41) is -0.615. The number of rotatable bonds is 5. The van der Waals surface area contributed by atoms with Gasteiger partial charge >= 0.3 is 0 Å². The van der Waals surface area contributed by atoms with Gasteiger partial charge in [0.05, 0.1) is 0 Å². The van der Waals surface area contributed by atoms with Crippen molar-refractivity contribution in [3.8, 4) is 11.1 Å². The van der Waals surface area contributed by atoms with Gasteiger partial charge in [0.1, 0.15) is 11.1 Å². The zero-order chi connectivity index (χ0) is 24.5. The van der Waals surface area contributed by atoms with Gasteiger partial charge in [-0.1, -0.05) is 54.6 Å². The van der Waals surface area contributed by atoms with Crippen molar-refractivity contribution in [2.24, 2.45) is 0 Å². The van der Waals surface area contributed by atoms with Gasteiger partial charge in [0.2, 0.25) is 10.0 Å². The maximum Gasteiger partial charge on any atom is 0.253 e. The predicted molar refractivity (Wildman–Crippen MR) is 132 cm³/mol. The second kappa shape index (κ2) is 9.68. The molecular formula is C27H29FN2O3S. The number of amides is 1. The van der Waals surface area contributed by atoms with Crippen LogP contribution in [-0.4, -0.2) is 43.7 Å². The Bertz CT molecular complexity index is 1270. The Morgan fingerprint density at radius 2 is 1.62 bits per heavy atom. The molecule has 1 amide bonds. The molecule has 0 bridgehead atoms. The fraction of sp³-hybridized carbons (Fsp3) is 0.296. The van der Waals surface area contributed by atoms with Gasteiger partial charge in [-0.25, -0.2) is 12.8 Å². The van der Waals surface area contributed by atoms with Crippen molar-refractivity contribution < 1.29 is 17.6 Å². The van der Waals surface area contributed by atoms with E-state index in [2.05, 4.69) is 0 Å². The van der Waals surface area contributed by atoms with Crippen molar-refractivity contribution in [2.45, 2.75) is 37.6 Å². The van der Waals surface area contributed by atoms with Crippen molar-refractivity contribution in [1.29, 1.82) is 0 Å². The van der Waals surface area contributed by atoms with Crippen LogP contribution in [0.3, 0.4) is 0 Å². The van der Waals surface area contributed by atoms with Gasteiger partial charge in [0.25, 0.3) is 5.91 Å². The van der Waals surface area contributed by atoms with Gasteiger partial charge in [0, 0.05) is 37.8 Å². The van der Waals surface area contributed by atoms with Gasteiger partial charge in [-0.3, -0.25) is 4.79 Å². The molecule has 1 heterocycles. The highest BCUT2D eigenvalue weighted by Gasteiger charge is 2.40. The Balaban J connectivity index is 1.57. The van der Waals surface area contributed by atoms with Crippen LogP contribution < -0.4 is 0 Å². The van der Waals surface area contributed by atoms with Crippen LogP contribution in [0.4, 0.5) is 4.39 Å². The molecule has 4 rings (SSSR count). The lowest BCUT2D eigenvalue weighted by Gasteiger charge is -2.37. The summed E-state index contributed by atoms with van der Waals surface area (Å²) in [6, 6.07) is 20.9. The first-order chi connectivity index (χ1) is 16.2. The van der Waals surface area contributed by atoms with Crippen molar-refractivity contribution in [3.05, 3.63) is 95.3 Å². The van der Waals surface area contributed by atoms with E-state index >= 15 is 4.39 Å². The highest BCUT2D eigenvalue weighted by molar-refractivity contribution is 7.89. The highest BCUT2D eigenvalue weighted by atomic mass is 32.2. The summed E-state index contributed by atoms with van der Waals surface area (Å²) >= 11 is 0. The van der Waals surface area contributed by atoms with E-state index in [0.717, 1.165) is 17.5 Å². The fourth-order valence-electron chi connectivity index (χ4n) is 4.44. The quantitative estimate of drug-likeness (QED) is 0.501. The van der Waals surface area contributed by atoms with E-state index in [0.29, 0.717) is 23.1 Å². The zero-order valence-corrected chi connectivity index (χ0v) is 20.4. The summed E-state index contributed by atoms with van der Waals surface area (Å²) in [7, 11) is -0.253. The molecule has 0 saturated carbocycles. The third kappa shape index (κ3) is 4.76. The average molecular weight is 481 g/mol. The third-order valence-corrected chi connectivity index (χ3v) is 8.82. The van der Waals surface area contributed by atoms with Gasteiger partial charge < -0.3 is 4.90 Å². The monoisotopic (exact) mass is 480 g/mol. The Morgan fingerprint density at radius 3 is 2.24 bits per heavy atom. The van der Waals surface area contributed by atoms with Crippen molar-refractivity contribution >= 4 is 15.9 Å². The van der Waals surface area contributed by atoms with Crippen molar-refractivity contribution in [1.82, 2.24) is 9.21 Å². The third-order valence-electron chi connectivity index (χ3n) is 6.45. The largest absolute Gasteiger partial charge is 0.345 e. The number of benzene rings is 3. The van der Waals surface area contributed by atoms with E-state index in [1.807, 2.05) is 37.3 Å². The average Bonchev–Trinajstić information content (AvgIpc) is 2.82. The second-order valence-electron chi connectivity index (χ2n) is 9.00. The van der Waals surface area contributed by atoms with Crippen LogP contribution in [0, 0.1) is 5.82 Å². The molecule has 2 unspecified atom stereocenters. The number of carbonyl (C=O) groups is 1. The molecule has 1 saturated heterocycles. The Labute approximate surface area is 200 Å². The molecule has 0 spiro atoms. The summed E-state index contributed by atoms with van der Waals surface area (Å²) in [6.07, 6.45) is 1.27. The van der Waals surface area contributed by atoms with E-state index in [9.17, 15) is 13.2 Å². The van der Waals surface area contributed by atoms with Gasteiger partial charge in [-0.05, 0) is 54.7 Å². The molecule has 5 nitrogen and oxygen atoms in total. The van der Waals surface area contributed by atoms with Crippen LogP contribution >= 0.6 is 0 Å². The number of halogens is 1. The lowest BCUT2D eigenvalue weighted by atomic mass is 10.0. The minimum Gasteiger partial charge on any atom is -0.345 e. The Kier molecular flexibility index (Phi) is 6.86. The minimum absolute atomic E-state index is 0.00474. The lowest BCUT2D eigenvalue weighted by molar-refractivity contribution is 0.0827. The van der Waals surface area contributed by atoms with Crippen molar-refractivity contribution in [2.75, 3.05) is 14.1 Å². The molecule has 1 aliphatic heterocycles. The molecular weight excluding hydrogens is 451 g/mol. The summed E-state index contributed by atoms with van der Waals surface area (Å²) in [4.78, 5) is 13.6. The lowest BCUT2D eigenvalue weighted by Crippen LogP contribution is -2.44. The number of sulfonamides is 1. The van der Waals surface area contributed by atoms with Crippen LogP contribution in [0.15, 0.2) is 72.8 Å². The van der Waals surface area contributed by atoms with Crippen LogP contribution in [0.1, 0.15) is 46.5 Å². The molecule has 0 N–H and O–H groups in total. The van der Waals surface area contributed by atoms with Gasteiger partial charge in [-0.15, -0.1) is 0 Å². The molecule has 3 aromatic rings. The Morgan fingerprint density at radius 1 is 0.971 bits per heavy atom. The minimum atomic E-state index is -3.63. The molecule has 1 aliphatic rings. The first-order valence-electron chi connectivity index (χ1n) is 11.3. The topological polar surface area (TPSA) is 57.7 Å². The number of hydrogen-bond acceptors (Lipinski definition) is 3. The van der Waals surface area contributed by atoms with Crippen LogP contribution in [0.5, 0.6) is 0 Å². The molecule has 1 fully saturated rings. The summed E-state index contributed by atoms with van der Waals surface area (Å²) in [5.74, 6) is -0.547. The van der Waals surface area contributed by atoms with E-state index in [-0.39, 0.29) is 18.5 Å². The van der Waals surface area contributed by atoms with E-state index in [1.165, 1.54) is 15.3 Å². The molecule has 0 radical (unpaired) electrons. The standard InChI is InChI=1S/C27H29FN2O3S/c1-19-9-16-26(21-7-5-4-6-8-21)34(32,33)30(19)18-24-15-14-23(17-25(24)28)20-10-12-22(13-11-20)27(31)29(2)3/h4-8,10-15,17,19,26H,9,16,18H2,1-3H3. The van der Waals surface area contributed by atoms with Crippen LogP contribution in [-0.2, 0) is 16.6 Å². The molecule has 178 valence electrons. The normalized spacial score (nSPS) is 20.1. The second-order valence-corrected chi connectivity index (χ2v) is 11.1. The maximum atomic E-state index is 15.1. The molecule has 3 aromatic carbocycles. The molecule has 2 atom stereocenters. The van der Waals surface area contributed by atoms with E-state index in [1.54, 1.807) is 50.5 Å². The maximum absolute atomic E-state index is 15.1. The first kappa shape index (κ1) is 24.1. The van der Waals surface area contributed by atoms with Gasteiger partial charge in [0.15, 0.2) is 0 Å².